The second-order valence-corrected chi connectivity index (χ2v) is 5.90. The number of rotatable bonds is 6. The van der Waals surface area contributed by atoms with Gasteiger partial charge in [-0.25, -0.2) is 4.79 Å². The normalized spacial score (nSPS) is 10.7. The highest BCUT2D eigenvalue weighted by Gasteiger charge is 2.18. The molecule has 0 aliphatic carbocycles. The molecule has 0 bridgehead atoms. The van der Waals surface area contributed by atoms with Gasteiger partial charge in [0.25, 0.3) is 0 Å². The Morgan fingerprint density at radius 2 is 1.81 bits per heavy atom. The summed E-state index contributed by atoms with van der Waals surface area (Å²) >= 11 is 0. The second-order valence-electron chi connectivity index (χ2n) is 5.90. The summed E-state index contributed by atoms with van der Waals surface area (Å²) in [5.74, 6) is -1.70. The Morgan fingerprint density at radius 1 is 1.04 bits per heavy atom. The Kier molecular flexibility index (Phi) is 5.27. The summed E-state index contributed by atoms with van der Waals surface area (Å²) < 4.78 is 10.1. The fraction of sp³-hybridized carbons (Fsp3) is 0.190. The monoisotopic (exact) mass is 350 g/mol. The fourth-order valence-electron chi connectivity index (χ4n) is 2.74. The van der Waals surface area contributed by atoms with Gasteiger partial charge in [-0.05, 0) is 36.6 Å². The summed E-state index contributed by atoms with van der Waals surface area (Å²) in [6.07, 6.45) is 1.58. The molecule has 5 nitrogen and oxygen atoms in total. The first-order valence-electron chi connectivity index (χ1n) is 8.35. The zero-order valence-electron chi connectivity index (χ0n) is 14.4. The number of ketones is 1. The largest absolute Gasteiger partial charge is 0.464 e. The van der Waals surface area contributed by atoms with Crippen molar-refractivity contribution in [3.05, 3.63) is 81.7 Å². The van der Waals surface area contributed by atoms with E-state index in [1.54, 1.807) is 19.1 Å². The van der Waals surface area contributed by atoms with Crippen LogP contribution in [-0.4, -0.2) is 18.4 Å². The molecule has 0 fully saturated rings. The van der Waals surface area contributed by atoms with Crippen molar-refractivity contribution in [3.63, 3.8) is 0 Å². The molecule has 3 rings (SSSR count). The van der Waals surface area contributed by atoms with E-state index in [0.717, 1.165) is 11.1 Å². The van der Waals surface area contributed by atoms with Crippen molar-refractivity contribution < 1.29 is 18.7 Å². The van der Waals surface area contributed by atoms with Crippen LogP contribution in [0.4, 0.5) is 0 Å². The lowest BCUT2D eigenvalue weighted by Crippen LogP contribution is -2.22. The highest BCUT2D eigenvalue weighted by atomic mass is 16.5. The van der Waals surface area contributed by atoms with Crippen molar-refractivity contribution in [3.8, 4) is 0 Å². The van der Waals surface area contributed by atoms with E-state index in [1.165, 1.54) is 6.26 Å². The van der Waals surface area contributed by atoms with Crippen molar-refractivity contribution in [1.82, 2.24) is 0 Å². The minimum absolute atomic E-state index is 0.111. The number of Topliss-reactive ketones (excluding diaryl/α,β-unsaturated/α-hetero) is 1. The third-order valence-electron chi connectivity index (χ3n) is 4.01. The number of carbonyl (C=O) groups excluding carboxylic acids is 2. The zero-order valence-corrected chi connectivity index (χ0v) is 14.4. The van der Waals surface area contributed by atoms with E-state index in [1.807, 2.05) is 36.4 Å². The molecule has 0 saturated carbocycles. The van der Waals surface area contributed by atoms with Gasteiger partial charge in [0.05, 0.1) is 18.3 Å². The lowest BCUT2D eigenvalue weighted by molar-refractivity contribution is -0.153. The Bertz CT molecular complexity index is 1000. The number of benzene rings is 2. The van der Waals surface area contributed by atoms with E-state index in [2.05, 4.69) is 4.74 Å². The molecule has 0 radical (unpaired) electrons. The van der Waals surface area contributed by atoms with Gasteiger partial charge in [0.15, 0.2) is 5.43 Å². The van der Waals surface area contributed by atoms with Crippen LogP contribution in [0.2, 0.25) is 0 Å². The molecule has 0 amide bonds. The molecule has 2 aromatic carbocycles. The average Bonchev–Trinajstić information content (AvgIpc) is 2.65. The Balaban J connectivity index is 1.90. The van der Waals surface area contributed by atoms with Gasteiger partial charge in [-0.1, -0.05) is 36.4 Å². The van der Waals surface area contributed by atoms with Crippen molar-refractivity contribution in [2.75, 3.05) is 6.61 Å². The highest BCUT2D eigenvalue weighted by molar-refractivity contribution is 6.34. The molecular weight excluding hydrogens is 332 g/mol. The Labute approximate surface area is 150 Å². The van der Waals surface area contributed by atoms with Gasteiger partial charge in [-0.2, -0.15) is 0 Å². The first-order valence-corrected chi connectivity index (χ1v) is 8.35. The van der Waals surface area contributed by atoms with Gasteiger partial charge in [-0.3, -0.25) is 9.59 Å². The van der Waals surface area contributed by atoms with E-state index in [4.69, 9.17) is 4.42 Å². The quantitative estimate of drug-likeness (QED) is 0.505. The average molecular weight is 350 g/mol. The Morgan fingerprint density at radius 3 is 2.54 bits per heavy atom. The third-order valence-corrected chi connectivity index (χ3v) is 4.01. The van der Waals surface area contributed by atoms with Crippen molar-refractivity contribution >= 4 is 22.7 Å². The van der Waals surface area contributed by atoms with Crippen LogP contribution in [0, 0.1) is 0 Å². The third kappa shape index (κ3) is 3.88. The van der Waals surface area contributed by atoms with Crippen LogP contribution < -0.4 is 5.43 Å². The summed E-state index contributed by atoms with van der Waals surface area (Å²) in [6.45, 7) is 1.73. The zero-order chi connectivity index (χ0) is 18.5. The number of hydrogen-bond donors (Lipinski definition) is 0. The standard InChI is InChI=1S/C21H18O5/c1-2-25-21(24)18(22)12-16-13-26-19-9-8-15(11-17(19)20(16)23)10-14-6-4-3-5-7-14/h3-9,11,13H,2,10,12H2,1H3. The molecule has 0 aliphatic heterocycles. The van der Waals surface area contributed by atoms with Gasteiger partial charge >= 0.3 is 5.97 Å². The molecule has 0 spiro atoms. The molecule has 132 valence electrons. The SMILES string of the molecule is CCOC(=O)C(=O)Cc1coc2ccc(Cc3ccccc3)cc2c1=O. The summed E-state index contributed by atoms with van der Waals surface area (Å²) in [4.78, 5) is 36.0. The van der Waals surface area contributed by atoms with Crippen molar-refractivity contribution in [2.24, 2.45) is 0 Å². The maximum atomic E-state index is 12.7. The topological polar surface area (TPSA) is 73.6 Å². The number of ether oxygens (including phenoxy) is 1. The van der Waals surface area contributed by atoms with Crippen molar-refractivity contribution in [2.45, 2.75) is 19.8 Å². The number of esters is 1. The maximum absolute atomic E-state index is 12.7. The maximum Gasteiger partial charge on any atom is 0.374 e. The van der Waals surface area contributed by atoms with Crippen LogP contribution in [0.25, 0.3) is 11.0 Å². The van der Waals surface area contributed by atoms with E-state index >= 15 is 0 Å². The summed E-state index contributed by atoms with van der Waals surface area (Å²) in [6, 6.07) is 15.3. The van der Waals surface area contributed by atoms with E-state index in [0.29, 0.717) is 17.4 Å². The van der Waals surface area contributed by atoms with Crippen LogP contribution in [-0.2, 0) is 27.2 Å². The fourth-order valence-corrected chi connectivity index (χ4v) is 2.74. The summed E-state index contributed by atoms with van der Waals surface area (Å²) in [5, 5.41) is 0.396. The van der Waals surface area contributed by atoms with E-state index in [9.17, 15) is 14.4 Å². The molecule has 0 N–H and O–H groups in total. The van der Waals surface area contributed by atoms with Crippen LogP contribution in [0.15, 0.2) is 64.0 Å². The van der Waals surface area contributed by atoms with Crippen LogP contribution in [0.3, 0.4) is 0 Å². The van der Waals surface area contributed by atoms with E-state index in [-0.39, 0.29) is 24.0 Å². The molecule has 1 heterocycles. The molecular formula is C21H18O5. The van der Waals surface area contributed by atoms with E-state index < -0.39 is 11.8 Å². The number of carbonyl (C=O) groups is 2. The molecule has 0 saturated heterocycles. The summed E-state index contributed by atoms with van der Waals surface area (Å²) in [7, 11) is 0. The van der Waals surface area contributed by atoms with Crippen LogP contribution >= 0.6 is 0 Å². The van der Waals surface area contributed by atoms with Crippen LogP contribution in [0.5, 0.6) is 0 Å². The van der Waals surface area contributed by atoms with Crippen molar-refractivity contribution in [1.29, 1.82) is 0 Å². The highest BCUT2D eigenvalue weighted by Crippen LogP contribution is 2.17. The van der Waals surface area contributed by atoms with Gasteiger partial charge in [0, 0.05) is 12.0 Å². The predicted octanol–water partition coefficient (Wildman–Crippen LogP) is 3.06. The smallest absolute Gasteiger partial charge is 0.374 e. The lowest BCUT2D eigenvalue weighted by atomic mass is 10.0. The molecule has 0 aliphatic rings. The first-order chi connectivity index (χ1) is 12.6. The number of fused-ring (bicyclic) bond motifs is 1. The van der Waals surface area contributed by atoms with Gasteiger partial charge < -0.3 is 9.15 Å². The molecule has 1 aromatic heterocycles. The summed E-state index contributed by atoms with van der Waals surface area (Å²) in [5.41, 5.74) is 2.38. The molecule has 3 aromatic rings. The van der Waals surface area contributed by atoms with Gasteiger partial charge in [0.1, 0.15) is 5.58 Å². The first kappa shape index (κ1) is 17.6. The van der Waals surface area contributed by atoms with Gasteiger partial charge in [-0.15, -0.1) is 0 Å². The second kappa shape index (κ2) is 7.78. The van der Waals surface area contributed by atoms with Gasteiger partial charge in [0.2, 0.25) is 5.78 Å². The molecule has 5 heteroatoms. The number of hydrogen-bond acceptors (Lipinski definition) is 5. The predicted molar refractivity (Wildman–Crippen MR) is 97.1 cm³/mol. The molecule has 26 heavy (non-hydrogen) atoms. The molecule has 0 atom stereocenters. The minimum atomic E-state index is -0.940. The lowest BCUT2D eigenvalue weighted by Gasteiger charge is -2.05. The molecule has 0 unspecified atom stereocenters. The van der Waals surface area contributed by atoms with Crippen LogP contribution in [0.1, 0.15) is 23.6 Å². The minimum Gasteiger partial charge on any atom is -0.464 e. The Hall–Kier alpha value is -3.21.